The van der Waals surface area contributed by atoms with Crippen LogP contribution in [0.15, 0.2) is 41.7 Å². The van der Waals surface area contributed by atoms with Crippen molar-refractivity contribution in [1.29, 1.82) is 0 Å². The van der Waals surface area contributed by atoms with E-state index in [1.807, 2.05) is 18.3 Å². The van der Waals surface area contributed by atoms with Crippen molar-refractivity contribution in [3.63, 3.8) is 0 Å². The lowest BCUT2D eigenvalue weighted by molar-refractivity contribution is 0.164. The third-order valence-electron chi connectivity index (χ3n) is 4.25. The van der Waals surface area contributed by atoms with E-state index in [9.17, 15) is 4.79 Å². The second-order valence-corrected chi connectivity index (χ2v) is 5.90. The van der Waals surface area contributed by atoms with Gasteiger partial charge in [0.1, 0.15) is 11.9 Å². The molecule has 1 saturated heterocycles. The highest BCUT2D eigenvalue weighted by Gasteiger charge is 2.22. The molecule has 8 nitrogen and oxygen atoms in total. The lowest BCUT2D eigenvalue weighted by atomic mass is 10.1. The minimum atomic E-state index is -0.0447. The number of fused-ring (bicyclic) bond motifs is 1. The minimum absolute atomic E-state index is 0.0447. The molecule has 3 aromatic heterocycles. The monoisotopic (exact) mass is 326 g/mol. The number of hydrogen-bond acceptors (Lipinski definition) is 6. The van der Waals surface area contributed by atoms with Crippen LogP contribution in [0, 0.1) is 0 Å². The first-order valence-electron chi connectivity index (χ1n) is 7.94. The highest BCUT2D eigenvalue weighted by atomic mass is 16.5. The fourth-order valence-corrected chi connectivity index (χ4v) is 2.86. The summed E-state index contributed by atoms with van der Waals surface area (Å²) in [7, 11) is 1.70. The van der Waals surface area contributed by atoms with Gasteiger partial charge in [-0.25, -0.2) is 9.50 Å². The van der Waals surface area contributed by atoms with E-state index in [2.05, 4.69) is 20.0 Å². The van der Waals surface area contributed by atoms with Gasteiger partial charge in [-0.05, 0) is 0 Å². The normalized spacial score (nSPS) is 15.8. The van der Waals surface area contributed by atoms with Crippen molar-refractivity contribution in [2.45, 2.75) is 18.9 Å². The van der Waals surface area contributed by atoms with Crippen LogP contribution in [0.2, 0.25) is 0 Å². The van der Waals surface area contributed by atoms with E-state index in [0.29, 0.717) is 5.88 Å². The van der Waals surface area contributed by atoms with E-state index in [1.54, 1.807) is 30.2 Å². The zero-order valence-electron chi connectivity index (χ0n) is 13.4. The van der Waals surface area contributed by atoms with Crippen LogP contribution in [-0.2, 0) is 7.05 Å². The van der Waals surface area contributed by atoms with Crippen LogP contribution in [0.5, 0.6) is 5.88 Å². The fraction of sp³-hybridized carbons (Fsp3) is 0.375. The number of hydrogen-bond donors (Lipinski definition) is 0. The van der Waals surface area contributed by atoms with Crippen molar-refractivity contribution in [1.82, 2.24) is 24.1 Å². The first-order chi connectivity index (χ1) is 11.7. The Bertz CT molecular complexity index is 910. The Balaban J connectivity index is 1.40. The van der Waals surface area contributed by atoms with Crippen molar-refractivity contribution in [3.8, 4) is 5.88 Å². The molecule has 0 radical (unpaired) electrons. The Kier molecular flexibility index (Phi) is 3.64. The van der Waals surface area contributed by atoms with Gasteiger partial charge in [-0.1, -0.05) is 0 Å². The number of nitrogens with zero attached hydrogens (tertiary/aromatic N) is 6. The van der Waals surface area contributed by atoms with Gasteiger partial charge in [-0.2, -0.15) is 10.1 Å². The molecular weight excluding hydrogens is 308 g/mol. The highest BCUT2D eigenvalue weighted by Crippen LogP contribution is 2.20. The fourth-order valence-electron chi connectivity index (χ4n) is 2.86. The molecule has 124 valence electrons. The lowest BCUT2D eigenvalue weighted by Gasteiger charge is -2.32. The van der Waals surface area contributed by atoms with Crippen LogP contribution in [-0.4, -0.2) is 43.3 Å². The number of aromatic nitrogens is 5. The van der Waals surface area contributed by atoms with Crippen LogP contribution in [0.3, 0.4) is 0 Å². The molecule has 1 fully saturated rings. The molecule has 0 amide bonds. The van der Waals surface area contributed by atoms with Crippen molar-refractivity contribution in [2.24, 2.45) is 7.05 Å². The summed E-state index contributed by atoms with van der Waals surface area (Å²) in [6.45, 7) is 1.61. The summed E-state index contributed by atoms with van der Waals surface area (Å²) in [5.41, 5.74) is 0.728. The Morgan fingerprint density at radius 1 is 1.25 bits per heavy atom. The van der Waals surface area contributed by atoms with Gasteiger partial charge >= 0.3 is 0 Å². The van der Waals surface area contributed by atoms with Gasteiger partial charge in [0.15, 0.2) is 5.65 Å². The summed E-state index contributed by atoms with van der Waals surface area (Å²) in [6, 6.07) is 5.25. The summed E-state index contributed by atoms with van der Waals surface area (Å²) in [4.78, 5) is 22.6. The van der Waals surface area contributed by atoms with E-state index in [1.165, 1.54) is 4.57 Å². The smallest absolute Gasteiger partial charge is 0.255 e. The van der Waals surface area contributed by atoms with Gasteiger partial charge in [-0.3, -0.25) is 4.79 Å². The largest absolute Gasteiger partial charge is 0.474 e. The zero-order valence-corrected chi connectivity index (χ0v) is 13.4. The number of ether oxygens (including phenoxy) is 1. The Morgan fingerprint density at radius 3 is 2.88 bits per heavy atom. The van der Waals surface area contributed by atoms with Gasteiger partial charge in [0.05, 0.1) is 12.5 Å². The number of piperidine rings is 1. The van der Waals surface area contributed by atoms with Gasteiger partial charge in [0.25, 0.3) is 5.56 Å². The second kappa shape index (κ2) is 5.95. The Hall–Kier alpha value is -2.90. The topological polar surface area (TPSA) is 77.6 Å². The first kappa shape index (κ1) is 14.7. The molecule has 0 N–H and O–H groups in total. The summed E-state index contributed by atoms with van der Waals surface area (Å²) in [5, 5.41) is 4.12. The Labute approximate surface area is 138 Å². The molecule has 8 heteroatoms. The third kappa shape index (κ3) is 2.82. The molecule has 1 aliphatic heterocycles. The van der Waals surface area contributed by atoms with Crippen LogP contribution in [0.25, 0.3) is 5.65 Å². The molecule has 0 aromatic carbocycles. The maximum atomic E-state index is 11.7. The SMILES string of the molecule is Cn1cnc(N2CCC(Oc3ccn4nccc4n3)CC2)cc1=O. The maximum Gasteiger partial charge on any atom is 0.255 e. The molecule has 24 heavy (non-hydrogen) atoms. The maximum absolute atomic E-state index is 11.7. The van der Waals surface area contributed by atoms with Crippen molar-refractivity contribution in [3.05, 3.63) is 47.3 Å². The van der Waals surface area contributed by atoms with Crippen LogP contribution in [0.4, 0.5) is 5.82 Å². The van der Waals surface area contributed by atoms with E-state index in [4.69, 9.17) is 4.74 Å². The molecule has 1 aliphatic rings. The number of anilines is 1. The summed E-state index contributed by atoms with van der Waals surface area (Å²) >= 11 is 0. The van der Waals surface area contributed by atoms with E-state index in [0.717, 1.165) is 37.4 Å². The molecule has 0 spiro atoms. The molecule has 0 saturated carbocycles. The molecule has 0 unspecified atom stereocenters. The zero-order chi connectivity index (χ0) is 16.5. The average molecular weight is 326 g/mol. The van der Waals surface area contributed by atoms with Crippen LogP contribution >= 0.6 is 0 Å². The van der Waals surface area contributed by atoms with Crippen LogP contribution in [0.1, 0.15) is 12.8 Å². The van der Waals surface area contributed by atoms with Gasteiger partial charge in [0, 0.05) is 57.4 Å². The van der Waals surface area contributed by atoms with E-state index in [-0.39, 0.29) is 11.7 Å². The van der Waals surface area contributed by atoms with E-state index < -0.39 is 0 Å². The standard InChI is InChI=1S/C16H18N6O2/c1-20-11-17-14(10-16(20)23)21-7-3-12(4-8-21)24-15-5-9-22-13(19-15)2-6-18-22/h2,5-6,9-12H,3-4,7-8H2,1H3. The third-order valence-corrected chi connectivity index (χ3v) is 4.25. The highest BCUT2D eigenvalue weighted by molar-refractivity contribution is 5.38. The predicted molar refractivity (Wildman–Crippen MR) is 88.3 cm³/mol. The molecule has 4 rings (SSSR count). The van der Waals surface area contributed by atoms with Crippen molar-refractivity contribution < 1.29 is 4.74 Å². The van der Waals surface area contributed by atoms with Crippen molar-refractivity contribution >= 4 is 11.5 Å². The number of rotatable bonds is 3. The minimum Gasteiger partial charge on any atom is -0.474 e. The molecule has 4 heterocycles. The predicted octanol–water partition coefficient (Wildman–Crippen LogP) is 0.871. The average Bonchev–Trinajstić information content (AvgIpc) is 3.06. The quantitative estimate of drug-likeness (QED) is 0.711. The molecule has 0 atom stereocenters. The molecule has 3 aromatic rings. The van der Waals surface area contributed by atoms with Gasteiger partial charge in [0.2, 0.25) is 5.88 Å². The molecular formula is C16H18N6O2. The summed E-state index contributed by atoms with van der Waals surface area (Å²) < 4.78 is 9.17. The Morgan fingerprint density at radius 2 is 2.08 bits per heavy atom. The second-order valence-electron chi connectivity index (χ2n) is 5.90. The van der Waals surface area contributed by atoms with Crippen molar-refractivity contribution in [2.75, 3.05) is 18.0 Å². The number of aryl methyl sites for hydroxylation is 1. The molecule has 0 aliphatic carbocycles. The first-order valence-corrected chi connectivity index (χ1v) is 7.94. The lowest BCUT2D eigenvalue weighted by Crippen LogP contribution is -2.39. The summed E-state index contributed by atoms with van der Waals surface area (Å²) in [6.07, 6.45) is 6.96. The van der Waals surface area contributed by atoms with Gasteiger partial charge < -0.3 is 14.2 Å². The van der Waals surface area contributed by atoms with E-state index >= 15 is 0 Å². The van der Waals surface area contributed by atoms with Crippen LogP contribution < -0.4 is 15.2 Å². The van der Waals surface area contributed by atoms with Gasteiger partial charge in [-0.15, -0.1) is 0 Å². The molecule has 0 bridgehead atoms. The summed E-state index contributed by atoms with van der Waals surface area (Å²) in [5.74, 6) is 1.35.